The van der Waals surface area contributed by atoms with Gasteiger partial charge in [-0.2, -0.15) is 0 Å². The molecule has 0 aliphatic heterocycles. The molecule has 0 aliphatic rings. The molecule has 0 saturated carbocycles. The number of nitrogens with zero attached hydrogens (tertiary/aromatic N) is 2. The second-order valence-corrected chi connectivity index (χ2v) is 6.58. The van der Waals surface area contributed by atoms with Crippen molar-refractivity contribution in [1.82, 2.24) is 20.3 Å². The van der Waals surface area contributed by atoms with E-state index in [-0.39, 0.29) is 17.9 Å². The van der Waals surface area contributed by atoms with Crippen LogP contribution in [0, 0.1) is 6.92 Å². The quantitative estimate of drug-likeness (QED) is 0.614. The fraction of sp³-hybridized carbons (Fsp3) is 0.273. The molecule has 3 aromatic rings. The van der Waals surface area contributed by atoms with Crippen LogP contribution in [-0.2, 0) is 29.1 Å². The van der Waals surface area contributed by atoms with Gasteiger partial charge in [0.2, 0.25) is 5.91 Å². The van der Waals surface area contributed by atoms with Crippen molar-refractivity contribution in [2.45, 2.75) is 33.4 Å². The first kappa shape index (κ1) is 20.4. The molecule has 2 N–H and O–H groups in total. The molecule has 0 aliphatic carbocycles. The zero-order chi connectivity index (χ0) is 20.6. The third-order valence-electron chi connectivity index (χ3n) is 4.55. The highest BCUT2D eigenvalue weighted by molar-refractivity contribution is 5.78. The average molecular weight is 392 g/mol. The normalized spacial score (nSPS) is 10.7. The van der Waals surface area contributed by atoms with Crippen LogP contribution in [-0.4, -0.2) is 27.5 Å². The van der Waals surface area contributed by atoms with Crippen LogP contribution in [0.15, 0.2) is 53.6 Å². The van der Waals surface area contributed by atoms with Gasteiger partial charge in [0.05, 0.1) is 13.0 Å². The molecule has 7 heteroatoms. The predicted molar refractivity (Wildman–Crippen MR) is 110 cm³/mol. The van der Waals surface area contributed by atoms with Gasteiger partial charge in [-0.15, -0.1) is 0 Å². The number of ether oxygens (including phenoxy) is 1. The molecular weight excluding hydrogens is 368 g/mol. The molecule has 29 heavy (non-hydrogen) atoms. The number of hydrogen-bond acceptors (Lipinski definition) is 5. The van der Waals surface area contributed by atoms with Crippen molar-refractivity contribution in [3.63, 3.8) is 0 Å². The molecule has 7 nitrogen and oxygen atoms in total. The van der Waals surface area contributed by atoms with Crippen LogP contribution in [0.5, 0.6) is 0 Å². The van der Waals surface area contributed by atoms with Crippen molar-refractivity contribution in [3.05, 3.63) is 81.5 Å². The van der Waals surface area contributed by atoms with E-state index in [0.717, 1.165) is 16.7 Å². The molecule has 0 unspecified atom stereocenters. The fourth-order valence-electron chi connectivity index (χ4n) is 2.96. The van der Waals surface area contributed by atoms with Gasteiger partial charge in [-0.1, -0.05) is 24.3 Å². The monoisotopic (exact) mass is 392 g/mol. The number of rotatable bonds is 8. The Labute approximate surface area is 169 Å². The summed E-state index contributed by atoms with van der Waals surface area (Å²) >= 11 is 0. The maximum atomic E-state index is 12.5. The van der Waals surface area contributed by atoms with E-state index >= 15 is 0 Å². The van der Waals surface area contributed by atoms with Gasteiger partial charge in [0, 0.05) is 42.4 Å². The van der Waals surface area contributed by atoms with E-state index in [2.05, 4.69) is 20.3 Å². The summed E-state index contributed by atoms with van der Waals surface area (Å²) in [6, 6.07) is 11.4. The molecule has 2 aromatic heterocycles. The molecule has 1 amide bonds. The predicted octanol–water partition coefficient (Wildman–Crippen LogP) is 2.54. The Bertz CT molecular complexity index is 1030. The Morgan fingerprint density at radius 2 is 1.97 bits per heavy atom. The molecule has 0 saturated heterocycles. The lowest BCUT2D eigenvalue weighted by molar-refractivity contribution is -0.120. The summed E-state index contributed by atoms with van der Waals surface area (Å²) in [5, 5.41) is 2.88. The first-order valence-corrected chi connectivity index (χ1v) is 9.50. The minimum absolute atomic E-state index is 0.0326. The van der Waals surface area contributed by atoms with Gasteiger partial charge in [0.25, 0.3) is 5.56 Å². The van der Waals surface area contributed by atoms with Gasteiger partial charge < -0.3 is 15.0 Å². The molecule has 0 radical (unpaired) electrons. The molecule has 0 bridgehead atoms. The van der Waals surface area contributed by atoms with E-state index in [9.17, 15) is 9.59 Å². The second kappa shape index (κ2) is 9.75. The van der Waals surface area contributed by atoms with Gasteiger partial charge in [-0.05, 0) is 37.1 Å². The number of carbonyl (C=O) groups is 1. The van der Waals surface area contributed by atoms with Crippen molar-refractivity contribution in [2.75, 3.05) is 6.61 Å². The summed E-state index contributed by atoms with van der Waals surface area (Å²) in [7, 11) is 0. The number of hydrogen-bond donors (Lipinski definition) is 2. The first-order valence-electron chi connectivity index (χ1n) is 9.50. The van der Waals surface area contributed by atoms with Crippen LogP contribution in [0.3, 0.4) is 0 Å². The second-order valence-electron chi connectivity index (χ2n) is 6.58. The van der Waals surface area contributed by atoms with Crippen molar-refractivity contribution in [3.8, 4) is 11.4 Å². The molecule has 150 valence electrons. The molecule has 2 heterocycles. The molecule has 1 aromatic carbocycles. The Kier molecular flexibility index (Phi) is 6.86. The van der Waals surface area contributed by atoms with Crippen molar-refractivity contribution in [1.29, 1.82) is 0 Å². The highest BCUT2D eigenvalue weighted by Gasteiger charge is 2.14. The van der Waals surface area contributed by atoms with E-state index < -0.39 is 0 Å². The van der Waals surface area contributed by atoms with E-state index in [1.54, 1.807) is 25.4 Å². The highest BCUT2D eigenvalue weighted by Crippen LogP contribution is 2.13. The number of H-pyrrole nitrogens is 1. The molecule has 0 spiro atoms. The lowest BCUT2D eigenvalue weighted by atomic mass is 10.1. The van der Waals surface area contributed by atoms with E-state index in [4.69, 9.17) is 4.74 Å². The summed E-state index contributed by atoms with van der Waals surface area (Å²) in [6.45, 7) is 5.18. The summed E-state index contributed by atoms with van der Waals surface area (Å²) < 4.78 is 5.47. The van der Waals surface area contributed by atoms with Crippen molar-refractivity contribution >= 4 is 5.91 Å². The van der Waals surface area contributed by atoms with Crippen LogP contribution in [0.1, 0.15) is 29.3 Å². The fourth-order valence-corrected chi connectivity index (χ4v) is 2.96. The van der Waals surface area contributed by atoms with Gasteiger partial charge in [-0.25, -0.2) is 4.98 Å². The summed E-state index contributed by atoms with van der Waals surface area (Å²) in [6.07, 6.45) is 3.25. The largest absolute Gasteiger partial charge is 0.377 e. The molecule has 0 fully saturated rings. The van der Waals surface area contributed by atoms with Crippen molar-refractivity contribution < 1.29 is 9.53 Å². The Morgan fingerprint density at radius 3 is 2.66 bits per heavy atom. The number of benzene rings is 1. The minimum Gasteiger partial charge on any atom is -0.377 e. The average Bonchev–Trinajstić information content (AvgIpc) is 2.74. The van der Waals surface area contributed by atoms with Gasteiger partial charge >= 0.3 is 0 Å². The summed E-state index contributed by atoms with van der Waals surface area (Å²) in [5.74, 6) is 0.204. The Morgan fingerprint density at radius 1 is 1.17 bits per heavy atom. The zero-order valence-corrected chi connectivity index (χ0v) is 16.6. The third kappa shape index (κ3) is 5.36. The topological polar surface area (TPSA) is 97.0 Å². The molecule has 3 rings (SSSR count). The standard InChI is InChI=1S/C22H24N4O3/c1-3-29-14-18-8-5-4-7-16(18)13-24-20(27)11-19-15(2)25-21(26-22(19)28)17-9-6-10-23-12-17/h4-10,12H,3,11,13-14H2,1-2H3,(H,24,27)(H,25,26,28). The Balaban J connectivity index is 1.68. The van der Waals surface area contributed by atoms with E-state index in [0.29, 0.717) is 36.8 Å². The zero-order valence-electron chi connectivity index (χ0n) is 16.6. The maximum absolute atomic E-state index is 12.5. The van der Waals surface area contributed by atoms with Gasteiger partial charge in [0.1, 0.15) is 5.82 Å². The van der Waals surface area contributed by atoms with E-state index in [1.165, 1.54) is 0 Å². The smallest absolute Gasteiger partial charge is 0.255 e. The summed E-state index contributed by atoms with van der Waals surface area (Å²) in [4.78, 5) is 36.1. The van der Waals surface area contributed by atoms with Crippen LogP contribution < -0.4 is 10.9 Å². The van der Waals surface area contributed by atoms with Gasteiger partial charge in [-0.3, -0.25) is 14.6 Å². The number of nitrogens with one attached hydrogen (secondary N) is 2. The minimum atomic E-state index is -0.316. The maximum Gasteiger partial charge on any atom is 0.255 e. The number of amides is 1. The number of pyridine rings is 1. The SMILES string of the molecule is CCOCc1ccccc1CNC(=O)Cc1c(C)nc(-c2cccnc2)[nH]c1=O. The lowest BCUT2D eigenvalue weighted by Crippen LogP contribution is -2.29. The molecular formula is C22H24N4O3. The van der Waals surface area contributed by atoms with Crippen LogP contribution in [0.25, 0.3) is 11.4 Å². The van der Waals surface area contributed by atoms with Crippen molar-refractivity contribution in [2.24, 2.45) is 0 Å². The number of aromatic nitrogens is 3. The number of carbonyl (C=O) groups excluding carboxylic acids is 1. The Hall–Kier alpha value is -3.32. The van der Waals surface area contributed by atoms with Gasteiger partial charge in [0.15, 0.2) is 0 Å². The van der Waals surface area contributed by atoms with E-state index in [1.807, 2.05) is 37.3 Å². The van der Waals surface area contributed by atoms with Crippen LogP contribution in [0.4, 0.5) is 0 Å². The third-order valence-corrected chi connectivity index (χ3v) is 4.55. The highest BCUT2D eigenvalue weighted by atomic mass is 16.5. The van der Waals surface area contributed by atoms with Crippen LogP contribution >= 0.6 is 0 Å². The molecule has 0 atom stereocenters. The lowest BCUT2D eigenvalue weighted by Gasteiger charge is -2.11. The first-order chi connectivity index (χ1) is 14.1. The van der Waals surface area contributed by atoms with Crippen LogP contribution in [0.2, 0.25) is 0 Å². The number of aromatic amines is 1. The summed E-state index contributed by atoms with van der Waals surface area (Å²) in [5.41, 5.74) is 3.31. The number of aryl methyl sites for hydroxylation is 1.